The third-order valence-corrected chi connectivity index (χ3v) is 4.30. The van der Waals surface area contributed by atoms with Crippen LogP contribution in [0.2, 0.25) is 0 Å². The van der Waals surface area contributed by atoms with Crippen molar-refractivity contribution in [1.82, 2.24) is 10.6 Å². The lowest BCUT2D eigenvalue weighted by Gasteiger charge is -2.31. The fourth-order valence-electron chi connectivity index (χ4n) is 3.11. The van der Waals surface area contributed by atoms with E-state index < -0.39 is 0 Å². The quantitative estimate of drug-likeness (QED) is 0.772. The zero-order valence-electron chi connectivity index (χ0n) is 11.2. The normalized spacial score (nSPS) is 38.7. The van der Waals surface area contributed by atoms with E-state index in [1.54, 1.807) is 0 Å². The van der Waals surface area contributed by atoms with Crippen molar-refractivity contribution in [2.75, 3.05) is 13.1 Å². The summed E-state index contributed by atoms with van der Waals surface area (Å²) in [5.41, 5.74) is 0. The van der Waals surface area contributed by atoms with Crippen LogP contribution in [0.15, 0.2) is 0 Å². The van der Waals surface area contributed by atoms with Crippen LogP contribution >= 0.6 is 0 Å². The predicted molar refractivity (Wildman–Crippen MR) is 69.7 cm³/mol. The van der Waals surface area contributed by atoms with Crippen LogP contribution in [0.4, 0.5) is 0 Å². The average Bonchev–Trinajstić information content (AvgIpc) is 2.29. The third-order valence-electron chi connectivity index (χ3n) is 4.30. The molecule has 1 saturated heterocycles. The van der Waals surface area contributed by atoms with Crippen LogP contribution in [0.3, 0.4) is 0 Å². The maximum absolute atomic E-state index is 12.1. The van der Waals surface area contributed by atoms with Crippen LogP contribution in [0.5, 0.6) is 0 Å². The van der Waals surface area contributed by atoms with Crippen molar-refractivity contribution >= 4 is 5.91 Å². The Kier molecular flexibility index (Phi) is 4.43. The van der Waals surface area contributed by atoms with E-state index in [4.69, 9.17) is 0 Å². The van der Waals surface area contributed by atoms with Crippen molar-refractivity contribution in [2.24, 2.45) is 17.8 Å². The summed E-state index contributed by atoms with van der Waals surface area (Å²) in [6.07, 6.45) is 5.74. The van der Waals surface area contributed by atoms with Gasteiger partial charge in [-0.1, -0.05) is 13.8 Å². The van der Waals surface area contributed by atoms with Crippen LogP contribution in [-0.4, -0.2) is 25.0 Å². The van der Waals surface area contributed by atoms with Crippen LogP contribution in [-0.2, 0) is 4.79 Å². The number of hydrogen-bond donors (Lipinski definition) is 2. The van der Waals surface area contributed by atoms with Gasteiger partial charge < -0.3 is 10.6 Å². The summed E-state index contributed by atoms with van der Waals surface area (Å²) in [4.78, 5) is 12.1. The molecule has 17 heavy (non-hydrogen) atoms. The topological polar surface area (TPSA) is 41.1 Å². The molecule has 2 rings (SSSR count). The molecule has 2 fully saturated rings. The molecule has 98 valence electrons. The monoisotopic (exact) mass is 238 g/mol. The van der Waals surface area contributed by atoms with E-state index >= 15 is 0 Å². The van der Waals surface area contributed by atoms with Gasteiger partial charge in [0.15, 0.2) is 0 Å². The van der Waals surface area contributed by atoms with E-state index in [0.717, 1.165) is 38.3 Å². The number of carbonyl (C=O) groups excluding carboxylic acids is 1. The van der Waals surface area contributed by atoms with Gasteiger partial charge in [-0.3, -0.25) is 4.79 Å². The van der Waals surface area contributed by atoms with Gasteiger partial charge in [-0.25, -0.2) is 0 Å². The molecule has 0 spiro atoms. The zero-order valence-corrected chi connectivity index (χ0v) is 11.2. The Hall–Kier alpha value is -0.570. The Morgan fingerprint density at radius 1 is 1.06 bits per heavy atom. The standard InChI is InChI=1S/C14H26N2O/c1-10-3-5-12(6-4-10)14(17)16-13-7-11(2)8-15-9-13/h10-13,15H,3-9H2,1-2H3,(H,16,17). The summed E-state index contributed by atoms with van der Waals surface area (Å²) in [5.74, 6) is 2.08. The lowest BCUT2D eigenvalue weighted by atomic mass is 9.82. The molecule has 0 aromatic carbocycles. The molecule has 2 N–H and O–H groups in total. The van der Waals surface area contributed by atoms with Crippen molar-refractivity contribution in [3.05, 3.63) is 0 Å². The molecule has 0 aromatic rings. The minimum absolute atomic E-state index is 0.281. The van der Waals surface area contributed by atoms with E-state index in [9.17, 15) is 4.79 Å². The molecular weight excluding hydrogens is 212 g/mol. The summed E-state index contributed by atoms with van der Waals surface area (Å²) in [6, 6.07) is 0.352. The van der Waals surface area contributed by atoms with Gasteiger partial charge in [-0.15, -0.1) is 0 Å². The van der Waals surface area contributed by atoms with Gasteiger partial charge in [0.05, 0.1) is 0 Å². The highest BCUT2D eigenvalue weighted by molar-refractivity contribution is 5.79. The largest absolute Gasteiger partial charge is 0.352 e. The SMILES string of the molecule is CC1CCC(C(=O)NC2CNCC(C)C2)CC1. The molecule has 3 heteroatoms. The first kappa shape index (κ1) is 12.9. The first-order valence-electron chi connectivity index (χ1n) is 7.16. The van der Waals surface area contributed by atoms with Gasteiger partial charge in [0.1, 0.15) is 0 Å². The van der Waals surface area contributed by atoms with Gasteiger partial charge >= 0.3 is 0 Å². The molecule has 2 atom stereocenters. The molecule has 1 amide bonds. The summed E-state index contributed by atoms with van der Waals surface area (Å²) >= 11 is 0. The molecule has 0 radical (unpaired) electrons. The average molecular weight is 238 g/mol. The van der Waals surface area contributed by atoms with Gasteiger partial charge in [-0.2, -0.15) is 0 Å². The molecule has 0 bridgehead atoms. The van der Waals surface area contributed by atoms with Crippen LogP contribution in [0, 0.1) is 17.8 Å². The fraction of sp³-hybridized carbons (Fsp3) is 0.929. The number of rotatable bonds is 2. The Morgan fingerprint density at radius 3 is 2.41 bits per heavy atom. The summed E-state index contributed by atoms with van der Waals surface area (Å²) < 4.78 is 0. The second kappa shape index (κ2) is 5.85. The van der Waals surface area contributed by atoms with Crippen LogP contribution in [0.25, 0.3) is 0 Å². The minimum Gasteiger partial charge on any atom is -0.352 e. The zero-order chi connectivity index (χ0) is 12.3. The predicted octanol–water partition coefficient (Wildman–Crippen LogP) is 1.93. The molecule has 1 heterocycles. The number of piperidine rings is 1. The smallest absolute Gasteiger partial charge is 0.223 e. The summed E-state index contributed by atoms with van der Waals surface area (Å²) in [5, 5.41) is 6.62. The molecule has 2 unspecified atom stereocenters. The lowest BCUT2D eigenvalue weighted by Crippen LogP contribution is -2.50. The Labute approximate surface area is 105 Å². The molecule has 1 saturated carbocycles. The van der Waals surface area contributed by atoms with E-state index in [1.165, 1.54) is 12.8 Å². The van der Waals surface area contributed by atoms with Crippen LogP contribution < -0.4 is 10.6 Å². The number of amides is 1. The molecule has 2 aliphatic rings. The van der Waals surface area contributed by atoms with Crippen molar-refractivity contribution in [1.29, 1.82) is 0 Å². The van der Waals surface area contributed by atoms with Gasteiger partial charge in [0.2, 0.25) is 5.91 Å². The molecular formula is C14H26N2O. The van der Waals surface area contributed by atoms with E-state index in [-0.39, 0.29) is 5.92 Å². The molecule has 3 nitrogen and oxygen atoms in total. The summed E-state index contributed by atoms with van der Waals surface area (Å²) in [7, 11) is 0. The third kappa shape index (κ3) is 3.70. The van der Waals surface area contributed by atoms with Gasteiger partial charge in [0, 0.05) is 18.5 Å². The number of hydrogen-bond acceptors (Lipinski definition) is 2. The maximum atomic E-state index is 12.1. The fourth-order valence-corrected chi connectivity index (χ4v) is 3.11. The molecule has 0 aromatic heterocycles. The Bertz CT molecular complexity index is 259. The highest BCUT2D eigenvalue weighted by Crippen LogP contribution is 2.28. The van der Waals surface area contributed by atoms with Gasteiger partial charge in [-0.05, 0) is 50.5 Å². The number of nitrogens with one attached hydrogen (secondary N) is 2. The van der Waals surface area contributed by atoms with E-state index in [2.05, 4.69) is 24.5 Å². The van der Waals surface area contributed by atoms with Gasteiger partial charge in [0.25, 0.3) is 0 Å². The minimum atomic E-state index is 0.281. The van der Waals surface area contributed by atoms with Crippen LogP contribution in [0.1, 0.15) is 46.0 Å². The second-order valence-electron chi connectivity index (χ2n) is 6.16. The Morgan fingerprint density at radius 2 is 1.76 bits per heavy atom. The highest BCUT2D eigenvalue weighted by atomic mass is 16.1. The van der Waals surface area contributed by atoms with Crippen molar-refractivity contribution in [2.45, 2.75) is 52.0 Å². The first-order valence-corrected chi connectivity index (χ1v) is 7.16. The Balaban J connectivity index is 1.76. The first-order chi connectivity index (χ1) is 8.15. The molecule has 1 aliphatic carbocycles. The maximum Gasteiger partial charge on any atom is 0.223 e. The second-order valence-corrected chi connectivity index (χ2v) is 6.16. The lowest BCUT2D eigenvalue weighted by molar-refractivity contribution is -0.127. The van der Waals surface area contributed by atoms with Crippen molar-refractivity contribution in [3.63, 3.8) is 0 Å². The molecule has 1 aliphatic heterocycles. The van der Waals surface area contributed by atoms with E-state index in [0.29, 0.717) is 17.9 Å². The van der Waals surface area contributed by atoms with Crippen molar-refractivity contribution in [3.8, 4) is 0 Å². The van der Waals surface area contributed by atoms with Crippen molar-refractivity contribution < 1.29 is 4.79 Å². The van der Waals surface area contributed by atoms with E-state index in [1.807, 2.05) is 0 Å². The highest BCUT2D eigenvalue weighted by Gasteiger charge is 2.27. The summed E-state index contributed by atoms with van der Waals surface area (Å²) in [6.45, 7) is 6.57. The number of carbonyl (C=O) groups is 1.